The summed E-state index contributed by atoms with van der Waals surface area (Å²) < 4.78 is 27.3. The molecule has 0 unspecified atom stereocenters. The molecule has 1 aromatic carbocycles. The monoisotopic (exact) mass is 402 g/mol. The first-order valence-corrected chi connectivity index (χ1v) is 12.1. The molecule has 1 aliphatic heterocycles. The van der Waals surface area contributed by atoms with Crippen LogP contribution in [0.3, 0.4) is 0 Å². The van der Waals surface area contributed by atoms with Crippen molar-refractivity contribution in [3.8, 4) is 0 Å². The molecule has 1 saturated heterocycles. The number of benzene rings is 1. The van der Waals surface area contributed by atoms with Crippen LogP contribution in [0.1, 0.15) is 56.9 Å². The normalized spacial score (nSPS) is 21.6. The van der Waals surface area contributed by atoms with Crippen LogP contribution in [-0.2, 0) is 14.8 Å². The summed E-state index contributed by atoms with van der Waals surface area (Å²) >= 11 is 0. The molecule has 152 valence electrons. The summed E-state index contributed by atoms with van der Waals surface area (Å²) in [7, 11) is -3.42. The Bertz CT molecular complexity index is 816. The minimum Gasteiger partial charge on any atom is -0.336 e. The van der Waals surface area contributed by atoms with E-state index in [0.29, 0.717) is 29.9 Å². The van der Waals surface area contributed by atoms with Crippen LogP contribution in [0.2, 0.25) is 0 Å². The van der Waals surface area contributed by atoms with E-state index in [1.165, 1.54) is 12.8 Å². The first-order valence-electron chi connectivity index (χ1n) is 10.6. The summed E-state index contributed by atoms with van der Waals surface area (Å²) in [4.78, 5) is 14.9. The molecule has 0 bridgehead atoms. The molecule has 1 heterocycles. The van der Waals surface area contributed by atoms with Crippen LogP contribution in [0.5, 0.6) is 0 Å². The van der Waals surface area contributed by atoms with Crippen molar-refractivity contribution in [1.29, 1.82) is 0 Å². The quantitative estimate of drug-likeness (QED) is 0.654. The highest BCUT2D eigenvalue weighted by Crippen LogP contribution is 2.35. The van der Waals surface area contributed by atoms with Crippen molar-refractivity contribution in [3.63, 3.8) is 0 Å². The lowest BCUT2D eigenvalue weighted by Gasteiger charge is -2.20. The van der Waals surface area contributed by atoms with E-state index in [2.05, 4.69) is 0 Å². The number of sulfonamides is 1. The average molecular weight is 403 g/mol. The Morgan fingerprint density at radius 3 is 2.21 bits per heavy atom. The summed E-state index contributed by atoms with van der Waals surface area (Å²) in [6.45, 7) is 2.10. The molecule has 28 heavy (non-hydrogen) atoms. The Balaban J connectivity index is 1.40. The lowest BCUT2D eigenvalue weighted by molar-refractivity contribution is -0.126. The van der Waals surface area contributed by atoms with Gasteiger partial charge in [-0.15, -0.1) is 0 Å². The zero-order valence-corrected chi connectivity index (χ0v) is 17.2. The zero-order chi connectivity index (χ0) is 19.6. The topological polar surface area (TPSA) is 57.7 Å². The Morgan fingerprint density at radius 1 is 1.00 bits per heavy atom. The van der Waals surface area contributed by atoms with Gasteiger partial charge < -0.3 is 4.90 Å². The molecule has 5 nitrogen and oxygen atoms in total. The van der Waals surface area contributed by atoms with E-state index in [0.717, 1.165) is 50.6 Å². The Morgan fingerprint density at radius 2 is 1.64 bits per heavy atom. The fourth-order valence-electron chi connectivity index (χ4n) is 3.83. The highest BCUT2D eigenvalue weighted by molar-refractivity contribution is 7.89. The van der Waals surface area contributed by atoms with Gasteiger partial charge in [-0.05, 0) is 68.2 Å². The number of rotatable bonds is 7. The largest absolute Gasteiger partial charge is 0.336 e. The van der Waals surface area contributed by atoms with E-state index < -0.39 is 10.0 Å². The molecule has 0 spiro atoms. The van der Waals surface area contributed by atoms with Gasteiger partial charge in [-0.2, -0.15) is 4.31 Å². The zero-order valence-electron chi connectivity index (χ0n) is 16.4. The van der Waals surface area contributed by atoms with E-state index in [9.17, 15) is 13.2 Å². The Kier molecular flexibility index (Phi) is 5.88. The highest BCUT2D eigenvalue weighted by atomic mass is 32.2. The molecule has 0 N–H and O–H groups in total. The SMILES string of the molecule is O=C(/C=C/c1ccc(S(=O)(=O)N2CCCCCC2)cc1)N(CC1CC1)C1CC1. The molecular formula is C22H30N2O3S. The molecule has 4 rings (SSSR count). The number of hydrogen-bond donors (Lipinski definition) is 0. The molecule has 1 aromatic rings. The van der Waals surface area contributed by atoms with Crippen molar-refractivity contribution in [1.82, 2.24) is 9.21 Å². The summed E-state index contributed by atoms with van der Waals surface area (Å²) in [6, 6.07) is 7.33. The third-order valence-electron chi connectivity index (χ3n) is 5.92. The van der Waals surface area contributed by atoms with Gasteiger partial charge in [-0.1, -0.05) is 25.0 Å². The lowest BCUT2D eigenvalue weighted by atomic mass is 10.2. The molecule has 3 aliphatic rings. The first kappa shape index (κ1) is 19.6. The van der Waals surface area contributed by atoms with Gasteiger partial charge in [-0.25, -0.2) is 8.42 Å². The van der Waals surface area contributed by atoms with Crippen LogP contribution in [0.4, 0.5) is 0 Å². The van der Waals surface area contributed by atoms with Gasteiger partial charge in [0, 0.05) is 31.8 Å². The van der Waals surface area contributed by atoms with Crippen LogP contribution >= 0.6 is 0 Å². The maximum absolute atomic E-state index is 12.8. The molecule has 2 saturated carbocycles. The predicted octanol–water partition coefficient (Wildman–Crippen LogP) is 3.67. The average Bonchev–Trinajstić information content (AvgIpc) is 3.58. The van der Waals surface area contributed by atoms with Gasteiger partial charge in [0.2, 0.25) is 15.9 Å². The maximum atomic E-state index is 12.8. The summed E-state index contributed by atoms with van der Waals surface area (Å²) in [5.74, 6) is 0.775. The number of carbonyl (C=O) groups is 1. The number of nitrogens with zero attached hydrogens (tertiary/aromatic N) is 2. The molecular weight excluding hydrogens is 372 g/mol. The van der Waals surface area contributed by atoms with E-state index in [1.54, 1.807) is 40.7 Å². The van der Waals surface area contributed by atoms with Gasteiger partial charge >= 0.3 is 0 Å². The lowest BCUT2D eigenvalue weighted by Crippen LogP contribution is -2.33. The van der Waals surface area contributed by atoms with Crippen molar-refractivity contribution >= 4 is 22.0 Å². The summed E-state index contributed by atoms with van der Waals surface area (Å²) in [6.07, 6.45) is 12.2. The van der Waals surface area contributed by atoms with Gasteiger partial charge in [0.05, 0.1) is 4.90 Å². The number of hydrogen-bond acceptors (Lipinski definition) is 3. The second-order valence-electron chi connectivity index (χ2n) is 8.39. The molecule has 0 atom stereocenters. The van der Waals surface area contributed by atoms with Crippen molar-refractivity contribution in [2.45, 2.75) is 62.3 Å². The molecule has 1 amide bonds. The Labute approximate surface area is 168 Å². The Hall–Kier alpha value is -1.66. The fraction of sp³-hybridized carbons (Fsp3) is 0.591. The maximum Gasteiger partial charge on any atom is 0.246 e. The second kappa shape index (κ2) is 8.37. The second-order valence-corrected chi connectivity index (χ2v) is 10.3. The van der Waals surface area contributed by atoms with E-state index in [1.807, 2.05) is 4.90 Å². The number of carbonyl (C=O) groups excluding carboxylic acids is 1. The van der Waals surface area contributed by atoms with Gasteiger partial charge in [-0.3, -0.25) is 4.79 Å². The standard InChI is InChI=1S/C22H30N2O3S/c25-22(24(20-10-11-20)17-19-5-6-19)14-9-18-7-12-21(13-8-18)28(26,27)23-15-3-1-2-4-16-23/h7-9,12-14,19-20H,1-6,10-11,15-17H2/b14-9+. The van der Waals surface area contributed by atoms with Crippen LogP contribution in [0.25, 0.3) is 6.08 Å². The van der Waals surface area contributed by atoms with Crippen LogP contribution in [0.15, 0.2) is 35.2 Å². The van der Waals surface area contributed by atoms with Gasteiger partial charge in [0.1, 0.15) is 0 Å². The first-order chi connectivity index (χ1) is 13.5. The van der Waals surface area contributed by atoms with Gasteiger partial charge in [0.15, 0.2) is 0 Å². The van der Waals surface area contributed by atoms with Crippen LogP contribution in [-0.4, -0.2) is 49.2 Å². The molecule has 0 aromatic heterocycles. The van der Waals surface area contributed by atoms with Crippen molar-refractivity contribution in [2.75, 3.05) is 19.6 Å². The van der Waals surface area contributed by atoms with Crippen LogP contribution in [0, 0.1) is 5.92 Å². The van der Waals surface area contributed by atoms with E-state index in [4.69, 9.17) is 0 Å². The summed E-state index contributed by atoms with van der Waals surface area (Å²) in [5, 5.41) is 0. The van der Waals surface area contributed by atoms with Crippen LogP contribution < -0.4 is 0 Å². The highest BCUT2D eigenvalue weighted by Gasteiger charge is 2.35. The number of amides is 1. The van der Waals surface area contributed by atoms with E-state index >= 15 is 0 Å². The van der Waals surface area contributed by atoms with Gasteiger partial charge in [0.25, 0.3) is 0 Å². The van der Waals surface area contributed by atoms with Crippen molar-refractivity contribution in [3.05, 3.63) is 35.9 Å². The van der Waals surface area contributed by atoms with E-state index in [-0.39, 0.29) is 5.91 Å². The molecule has 3 fully saturated rings. The third kappa shape index (κ3) is 4.84. The molecule has 2 aliphatic carbocycles. The minimum absolute atomic E-state index is 0.0793. The minimum atomic E-state index is -3.42. The van der Waals surface area contributed by atoms with Crippen molar-refractivity contribution < 1.29 is 13.2 Å². The summed E-state index contributed by atoms with van der Waals surface area (Å²) in [5.41, 5.74) is 0.852. The van der Waals surface area contributed by atoms with Crippen molar-refractivity contribution in [2.24, 2.45) is 5.92 Å². The molecule has 6 heteroatoms. The smallest absolute Gasteiger partial charge is 0.246 e. The third-order valence-corrected chi connectivity index (χ3v) is 7.84. The predicted molar refractivity (Wildman–Crippen MR) is 110 cm³/mol. The molecule has 0 radical (unpaired) electrons. The fourth-order valence-corrected chi connectivity index (χ4v) is 5.35.